The van der Waals surface area contributed by atoms with E-state index in [0.29, 0.717) is 12.4 Å². The number of rotatable bonds is 6. The zero-order chi connectivity index (χ0) is 21.1. The monoisotopic (exact) mass is 405 g/mol. The number of nitrogens with zero attached hydrogens (tertiary/aromatic N) is 3. The molecule has 1 amide bonds. The molecule has 30 heavy (non-hydrogen) atoms. The fraction of sp³-hybridized carbons (Fsp3) is 0.304. The molecule has 1 saturated heterocycles. The van der Waals surface area contributed by atoms with E-state index in [4.69, 9.17) is 9.26 Å². The molecule has 0 saturated carbocycles. The molecule has 1 fully saturated rings. The minimum atomic E-state index is -0.511. The first-order valence-electron chi connectivity index (χ1n) is 9.99. The molecule has 7 nitrogen and oxygen atoms in total. The van der Waals surface area contributed by atoms with E-state index in [9.17, 15) is 9.59 Å². The van der Waals surface area contributed by atoms with Gasteiger partial charge in [0, 0.05) is 24.2 Å². The fourth-order valence-electron chi connectivity index (χ4n) is 3.41. The number of ether oxygens (including phenoxy) is 1. The van der Waals surface area contributed by atoms with Crippen molar-refractivity contribution in [3.05, 3.63) is 65.5 Å². The number of aryl methyl sites for hydroxylation is 2. The lowest BCUT2D eigenvalue weighted by atomic mass is 10.1. The van der Waals surface area contributed by atoms with Crippen LogP contribution in [0.1, 0.15) is 30.4 Å². The highest BCUT2D eigenvalue weighted by atomic mass is 16.6. The standard InChI is InChI=1S/C23H23N3O4/c1-3-16-6-8-17(9-7-16)22-24-20(30-25-22)14-29-23(28)18-12-21(27)26(13-18)19-10-4-15(2)5-11-19/h4-11,18H,3,12-14H2,1-2H3/t18-/m1/s1. The Hall–Kier alpha value is -3.48. The molecule has 0 unspecified atom stereocenters. The summed E-state index contributed by atoms with van der Waals surface area (Å²) in [5, 5.41) is 3.95. The number of carbonyl (C=O) groups excluding carboxylic acids is 2. The van der Waals surface area contributed by atoms with Gasteiger partial charge in [-0.25, -0.2) is 0 Å². The molecule has 0 bridgehead atoms. The Kier molecular flexibility index (Phi) is 5.61. The van der Waals surface area contributed by atoms with Crippen LogP contribution < -0.4 is 4.90 Å². The molecule has 1 aliphatic rings. The maximum Gasteiger partial charge on any atom is 0.311 e. The first kappa shape index (κ1) is 19.8. The van der Waals surface area contributed by atoms with Gasteiger partial charge in [-0.15, -0.1) is 0 Å². The van der Waals surface area contributed by atoms with Gasteiger partial charge in [-0.05, 0) is 31.0 Å². The van der Waals surface area contributed by atoms with Crippen LogP contribution in [-0.2, 0) is 27.4 Å². The van der Waals surface area contributed by atoms with E-state index >= 15 is 0 Å². The Bertz CT molecular complexity index is 1040. The van der Waals surface area contributed by atoms with Crippen LogP contribution in [0.25, 0.3) is 11.4 Å². The summed E-state index contributed by atoms with van der Waals surface area (Å²) in [4.78, 5) is 30.7. The van der Waals surface area contributed by atoms with E-state index in [2.05, 4.69) is 17.1 Å². The first-order chi connectivity index (χ1) is 14.5. The molecule has 154 valence electrons. The highest BCUT2D eigenvalue weighted by molar-refractivity contribution is 5.99. The van der Waals surface area contributed by atoms with Crippen LogP contribution in [0.3, 0.4) is 0 Å². The number of hydrogen-bond donors (Lipinski definition) is 0. The van der Waals surface area contributed by atoms with Crippen molar-refractivity contribution in [3.63, 3.8) is 0 Å². The van der Waals surface area contributed by atoms with Crippen molar-refractivity contribution in [2.24, 2.45) is 5.92 Å². The SMILES string of the molecule is CCc1ccc(-c2noc(COC(=O)[C@@H]3CC(=O)N(c4ccc(C)cc4)C3)n2)cc1. The molecule has 4 rings (SSSR count). The minimum Gasteiger partial charge on any atom is -0.455 e. The molecule has 0 spiro atoms. The van der Waals surface area contributed by atoms with Crippen molar-refractivity contribution in [2.75, 3.05) is 11.4 Å². The molecule has 0 N–H and O–H groups in total. The number of anilines is 1. The molecule has 1 aliphatic heterocycles. The number of carbonyl (C=O) groups is 2. The van der Waals surface area contributed by atoms with Crippen molar-refractivity contribution < 1.29 is 18.8 Å². The number of benzene rings is 2. The van der Waals surface area contributed by atoms with Crippen LogP contribution in [-0.4, -0.2) is 28.6 Å². The highest BCUT2D eigenvalue weighted by Crippen LogP contribution is 2.26. The molecule has 3 aromatic rings. The van der Waals surface area contributed by atoms with E-state index in [1.165, 1.54) is 5.56 Å². The lowest BCUT2D eigenvalue weighted by Gasteiger charge is -2.16. The maximum absolute atomic E-state index is 12.5. The van der Waals surface area contributed by atoms with Crippen molar-refractivity contribution in [1.82, 2.24) is 10.1 Å². The number of amides is 1. The summed E-state index contributed by atoms with van der Waals surface area (Å²) in [5.41, 5.74) is 3.96. The van der Waals surface area contributed by atoms with Gasteiger partial charge in [0.05, 0.1) is 5.92 Å². The lowest BCUT2D eigenvalue weighted by Crippen LogP contribution is -2.26. The van der Waals surface area contributed by atoms with Gasteiger partial charge in [0.25, 0.3) is 5.89 Å². The Morgan fingerprint density at radius 3 is 2.60 bits per heavy atom. The van der Waals surface area contributed by atoms with Crippen molar-refractivity contribution in [3.8, 4) is 11.4 Å². The van der Waals surface area contributed by atoms with E-state index in [1.54, 1.807) is 4.90 Å². The van der Waals surface area contributed by atoms with Gasteiger partial charge in [-0.1, -0.05) is 54.0 Å². The third kappa shape index (κ3) is 4.25. The van der Waals surface area contributed by atoms with Gasteiger partial charge in [0.15, 0.2) is 6.61 Å². The third-order valence-electron chi connectivity index (χ3n) is 5.23. The normalized spacial score (nSPS) is 16.1. The zero-order valence-corrected chi connectivity index (χ0v) is 17.0. The zero-order valence-electron chi connectivity index (χ0n) is 17.0. The lowest BCUT2D eigenvalue weighted by molar-refractivity contribution is -0.150. The van der Waals surface area contributed by atoms with Gasteiger partial charge in [-0.2, -0.15) is 4.98 Å². The molecule has 2 heterocycles. The summed E-state index contributed by atoms with van der Waals surface area (Å²) < 4.78 is 10.5. The summed E-state index contributed by atoms with van der Waals surface area (Å²) in [6.07, 6.45) is 1.09. The van der Waals surface area contributed by atoms with Crippen molar-refractivity contribution in [2.45, 2.75) is 33.3 Å². The van der Waals surface area contributed by atoms with Crippen molar-refractivity contribution >= 4 is 17.6 Å². The molecule has 1 aromatic heterocycles. The second kappa shape index (κ2) is 8.49. The van der Waals surface area contributed by atoms with Crippen LogP contribution in [0.5, 0.6) is 0 Å². The number of hydrogen-bond acceptors (Lipinski definition) is 6. The second-order valence-electron chi connectivity index (χ2n) is 7.41. The Labute approximate surface area is 174 Å². The largest absolute Gasteiger partial charge is 0.455 e. The van der Waals surface area contributed by atoms with Crippen LogP contribution >= 0.6 is 0 Å². The van der Waals surface area contributed by atoms with Gasteiger partial charge in [0.2, 0.25) is 11.7 Å². The number of esters is 1. The topological polar surface area (TPSA) is 85.5 Å². The Morgan fingerprint density at radius 1 is 1.17 bits per heavy atom. The summed E-state index contributed by atoms with van der Waals surface area (Å²) in [7, 11) is 0. The number of aromatic nitrogens is 2. The van der Waals surface area contributed by atoms with Gasteiger partial charge in [-0.3, -0.25) is 9.59 Å². The van der Waals surface area contributed by atoms with Crippen molar-refractivity contribution in [1.29, 1.82) is 0 Å². The van der Waals surface area contributed by atoms with E-state index in [1.807, 2.05) is 55.5 Å². The van der Waals surface area contributed by atoms with Gasteiger partial charge in [0.1, 0.15) is 0 Å². The molecular formula is C23H23N3O4. The van der Waals surface area contributed by atoms with Crippen LogP contribution in [0, 0.1) is 12.8 Å². The second-order valence-corrected chi connectivity index (χ2v) is 7.41. The summed E-state index contributed by atoms with van der Waals surface area (Å²) in [6, 6.07) is 15.5. The smallest absolute Gasteiger partial charge is 0.311 e. The summed E-state index contributed by atoms with van der Waals surface area (Å²) >= 11 is 0. The van der Waals surface area contributed by atoms with E-state index in [0.717, 1.165) is 23.2 Å². The quantitative estimate of drug-likeness (QED) is 0.581. The molecule has 0 aliphatic carbocycles. The first-order valence-corrected chi connectivity index (χ1v) is 9.99. The fourth-order valence-corrected chi connectivity index (χ4v) is 3.41. The summed E-state index contributed by atoms with van der Waals surface area (Å²) in [5.74, 6) is -0.368. The predicted octanol–water partition coefficient (Wildman–Crippen LogP) is 3.70. The Balaban J connectivity index is 1.34. The average molecular weight is 405 g/mol. The van der Waals surface area contributed by atoms with Gasteiger partial charge < -0.3 is 14.2 Å². The molecule has 0 radical (unpaired) electrons. The summed E-state index contributed by atoms with van der Waals surface area (Å²) in [6.45, 7) is 4.26. The Morgan fingerprint density at radius 2 is 1.90 bits per heavy atom. The maximum atomic E-state index is 12.5. The molecule has 7 heteroatoms. The van der Waals surface area contributed by atoms with Crippen LogP contribution in [0.2, 0.25) is 0 Å². The molecule has 2 aromatic carbocycles. The van der Waals surface area contributed by atoms with Crippen LogP contribution in [0.15, 0.2) is 53.1 Å². The third-order valence-corrected chi connectivity index (χ3v) is 5.23. The highest BCUT2D eigenvalue weighted by Gasteiger charge is 2.36. The van der Waals surface area contributed by atoms with Gasteiger partial charge >= 0.3 is 5.97 Å². The molecule has 1 atom stereocenters. The molecular weight excluding hydrogens is 382 g/mol. The minimum absolute atomic E-state index is 0.0867. The van der Waals surface area contributed by atoms with E-state index in [-0.39, 0.29) is 24.8 Å². The predicted molar refractivity (Wildman–Crippen MR) is 111 cm³/mol. The average Bonchev–Trinajstić information content (AvgIpc) is 3.40. The van der Waals surface area contributed by atoms with Crippen LogP contribution in [0.4, 0.5) is 5.69 Å². The van der Waals surface area contributed by atoms with E-state index < -0.39 is 11.9 Å².